The van der Waals surface area contributed by atoms with Gasteiger partial charge in [-0.15, -0.1) is 0 Å². The van der Waals surface area contributed by atoms with Crippen molar-refractivity contribution in [2.75, 3.05) is 0 Å². The molecule has 2 unspecified atom stereocenters. The molecule has 0 aliphatic carbocycles. The molecule has 0 heterocycles. The first kappa shape index (κ1) is 14.7. The highest BCUT2D eigenvalue weighted by Crippen LogP contribution is 2.25. The van der Waals surface area contributed by atoms with Crippen molar-refractivity contribution >= 4 is 0 Å². The van der Waals surface area contributed by atoms with Gasteiger partial charge in [-0.2, -0.15) is 0 Å². The van der Waals surface area contributed by atoms with Crippen LogP contribution in [0.4, 0.5) is 4.39 Å². The molecule has 2 heteroatoms. The Hall–Kier alpha value is -1.67. The smallest absolute Gasteiger partial charge is 0.123 e. The number of nitrogens with two attached hydrogens (primary N) is 1. The lowest BCUT2D eigenvalue weighted by atomic mass is 9.85. The molecule has 2 aromatic carbocycles. The van der Waals surface area contributed by atoms with Crippen molar-refractivity contribution in [1.29, 1.82) is 0 Å². The van der Waals surface area contributed by atoms with Crippen LogP contribution in [0.1, 0.15) is 36.0 Å². The van der Waals surface area contributed by atoms with E-state index >= 15 is 0 Å². The van der Waals surface area contributed by atoms with Crippen LogP contribution in [0.3, 0.4) is 0 Å². The van der Waals surface area contributed by atoms with Crippen molar-refractivity contribution in [2.24, 2.45) is 5.73 Å². The molecular formula is C18H22FN. The maximum absolute atomic E-state index is 13.4. The van der Waals surface area contributed by atoms with E-state index in [9.17, 15) is 4.39 Å². The lowest BCUT2D eigenvalue weighted by Crippen LogP contribution is -2.30. The fraction of sp³-hybridized carbons (Fsp3) is 0.333. The Labute approximate surface area is 120 Å². The Morgan fingerprint density at radius 3 is 2.45 bits per heavy atom. The Morgan fingerprint density at radius 2 is 1.80 bits per heavy atom. The Bertz CT molecular complexity index is 551. The van der Waals surface area contributed by atoms with Crippen LogP contribution in [0, 0.1) is 12.7 Å². The maximum atomic E-state index is 13.4. The van der Waals surface area contributed by atoms with Crippen molar-refractivity contribution in [3.05, 3.63) is 71.0 Å². The fourth-order valence-electron chi connectivity index (χ4n) is 2.74. The average molecular weight is 271 g/mol. The lowest BCUT2D eigenvalue weighted by Gasteiger charge is -2.24. The normalized spacial score (nSPS) is 14.0. The summed E-state index contributed by atoms with van der Waals surface area (Å²) in [5, 5.41) is 0. The zero-order valence-electron chi connectivity index (χ0n) is 12.1. The molecule has 0 saturated heterocycles. The fourth-order valence-corrected chi connectivity index (χ4v) is 2.74. The van der Waals surface area contributed by atoms with E-state index in [0.717, 1.165) is 17.5 Å². The van der Waals surface area contributed by atoms with Crippen molar-refractivity contribution in [2.45, 2.75) is 38.6 Å². The second kappa shape index (κ2) is 6.67. The molecule has 0 aliphatic heterocycles. The number of aryl methyl sites for hydroxylation is 1. The summed E-state index contributed by atoms with van der Waals surface area (Å²) in [5.41, 5.74) is 9.76. The van der Waals surface area contributed by atoms with E-state index in [1.807, 2.05) is 31.2 Å². The van der Waals surface area contributed by atoms with Crippen LogP contribution < -0.4 is 5.73 Å². The van der Waals surface area contributed by atoms with Gasteiger partial charge in [0.2, 0.25) is 0 Å². The van der Waals surface area contributed by atoms with Crippen molar-refractivity contribution in [1.82, 2.24) is 0 Å². The van der Waals surface area contributed by atoms with E-state index < -0.39 is 0 Å². The molecule has 2 atom stereocenters. The summed E-state index contributed by atoms with van der Waals surface area (Å²) in [7, 11) is 0. The van der Waals surface area contributed by atoms with E-state index in [2.05, 4.69) is 19.1 Å². The molecule has 0 aliphatic rings. The summed E-state index contributed by atoms with van der Waals surface area (Å²) < 4.78 is 13.4. The molecule has 1 nitrogen and oxygen atoms in total. The summed E-state index contributed by atoms with van der Waals surface area (Å²) in [6.45, 7) is 4.15. The Kier molecular flexibility index (Phi) is 4.91. The van der Waals surface area contributed by atoms with Crippen LogP contribution in [-0.4, -0.2) is 6.04 Å². The third kappa shape index (κ3) is 3.45. The monoisotopic (exact) mass is 271 g/mol. The third-order valence-electron chi connectivity index (χ3n) is 3.95. The molecule has 0 amide bonds. The van der Waals surface area contributed by atoms with Gasteiger partial charge in [0.25, 0.3) is 0 Å². The summed E-state index contributed by atoms with van der Waals surface area (Å²) in [4.78, 5) is 0. The first-order chi connectivity index (χ1) is 9.61. The largest absolute Gasteiger partial charge is 0.327 e. The zero-order valence-corrected chi connectivity index (χ0v) is 12.1. The van der Waals surface area contributed by atoms with Gasteiger partial charge in [-0.3, -0.25) is 0 Å². The molecule has 0 radical (unpaired) electrons. The predicted octanol–water partition coefficient (Wildman–Crippen LogP) is 4.20. The number of hydrogen-bond acceptors (Lipinski definition) is 1. The number of rotatable bonds is 5. The summed E-state index contributed by atoms with van der Waals surface area (Å²) in [6, 6.07) is 15.3. The highest BCUT2D eigenvalue weighted by molar-refractivity contribution is 5.29. The van der Waals surface area contributed by atoms with Crippen LogP contribution in [0.25, 0.3) is 0 Å². The third-order valence-corrected chi connectivity index (χ3v) is 3.95. The highest BCUT2D eigenvalue weighted by Gasteiger charge is 2.19. The molecule has 0 spiro atoms. The van der Waals surface area contributed by atoms with Crippen LogP contribution in [0.15, 0.2) is 48.5 Å². The van der Waals surface area contributed by atoms with Gasteiger partial charge >= 0.3 is 0 Å². The lowest BCUT2D eigenvalue weighted by molar-refractivity contribution is 0.512. The van der Waals surface area contributed by atoms with E-state index in [0.29, 0.717) is 12.3 Å². The topological polar surface area (TPSA) is 26.0 Å². The second-order valence-electron chi connectivity index (χ2n) is 5.36. The molecule has 20 heavy (non-hydrogen) atoms. The van der Waals surface area contributed by atoms with Gasteiger partial charge in [0.1, 0.15) is 5.82 Å². The van der Waals surface area contributed by atoms with E-state index in [1.54, 1.807) is 6.07 Å². The highest BCUT2D eigenvalue weighted by atomic mass is 19.1. The number of benzene rings is 2. The Morgan fingerprint density at radius 1 is 1.10 bits per heavy atom. The first-order valence-electron chi connectivity index (χ1n) is 7.17. The molecule has 0 fully saturated rings. The van der Waals surface area contributed by atoms with Gasteiger partial charge in [-0.1, -0.05) is 43.3 Å². The molecule has 2 N–H and O–H groups in total. The molecule has 2 aromatic rings. The minimum atomic E-state index is -0.189. The van der Waals surface area contributed by atoms with Crippen molar-refractivity contribution in [3.8, 4) is 0 Å². The standard InChI is InChI=1S/C18H22FN/c1-3-17(14-7-5-4-6-8-14)18(20)12-15-11-16(19)10-9-13(15)2/h4-11,17-18H,3,12,20H2,1-2H3. The first-order valence-corrected chi connectivity index (χ1v) is 7.17. The van der Waals surface area contributed by atoms with Crippen molar-refractivity contribution in [3.63, 3.8) is 0 Å². The quantitative estimate of drug-likeness (QED) is 0.866. The van der Waals surface area contributed by atoms with E-state index in [-0.39, 0.29) is 11.9 Å². The number of halogens is 1. The van der Waals surface area contributed by atoms with Crippen molar-refractivity contribution < 1.29 is 4.39 Å². The minimum Gasteiger partial charge on any atom is -0.327 e. The SMILES string of the molecule is CCC(c1ccccc1)C(N)Cc1cc(F)ccc1C. The summed E-state index contributed by atoms with van der Waals surface area (Å²) in [6.07, 6.45) is 1.69. The van der Waals surface area contributed by atoms with Crippen LogP contribution in [-0.2, 0) is 6.42 Å². The maximum Gasteiger partial charge on any atom is 0.123 e. The van der Waals surface area contributed by atoms with Crippen LogP contribution in [0.5, 0.6) is 0 Å². The average Bonchev–Trinajstić information content (AvgIpc) is 2.45. The van der Waals surface area contributed by atoms with Gasteiger partial charge < -0.3 is 5.73 Å². The van der Waals surface area contributed by atoms with E-state index in [1.165, 1.54) is 11.6 Å². The minimum absolute atomic E-state index is 0.00269. The van der Waals surface area contributed by atoms with Gasteiger partial charge in [-0.05, 0) is 54.5 Å². The molecule has 0 saturated carbocycles. The summed E-state index contributed by atoms with van der Waals surface area (Å²) >= 11 is 0. The summed E-state index contributed by atoms with van der Waals surface area (Å²) in [5.74, 6) is 0.115. The molecular weight excluding hydrogens is 249 g/mol. The Balaban J connectivity index is 2.17. The van der Waals surface area contributed by atoms with Gasteiger partial charge in [0, 0.05) is 6.04 Å². The zero-order chi connectivity index (χ0) is 14.5. The van der Waals surface area contributed by atoms with E-state index in [4.69, 9.17) is 5.73 Å². The molecule has 0 aromatic heterocycles. The van der Waals surface area contributed by atoms with Gasteiger partial charge in [0.15, 0.2) is 0 Å². The van der Waals surface area contributed by atoms with Gasteiger partial charge in [0.05, 0.1) is 0 Å². The second-order valence-corrected chi connectivity index (χ2v) is 5.36. The van der Waals surface area contributed by atoms with Crippen LogP contribution in [0.2, 0.25) is 0 Å². The predicted molar refractivity (Wildman–Crippen MR) is 82.3 cm³/mol. The molecule has 2 rings (SSSR count). The van der Waals surface area contributed by atoms with Crippen LogP contribution >= 0.6 is 0 Å². The number of hydrogen-bond donors (Lipinski definition) is 1. The van der Waals surface area contributed by atoms with Gasteiger partial charge in [-0.25, -0.2) is 4.39 Å². The molecule has 0 bridgehead atoms. The molecule has 106 valence electrons.